The van der Waals surface area contributed by atoms with Gasteiger partial charge in [0.25, 0.3) is 0 Å². The Kier molecular flexibility index (Phi) is 3.30. The summed E-state index contributed by atoms with van der Waals surface area (Å²) in [6.07, 6.45) is 1.29. The fourth-order valence-corrected chi connectivity index (χ4v) is 2.31. The van der Waals surface area contributed by atoms with Gasteiger partial charge in [0.1, 0.15) is 11.5 Å². The van der Waals surface area contributed by atoms with Gasteiger partial charge in [-0.05, 0) is 31.4 Å². The van der Waals surface area contributed by atoms with E-state index in [0.717, 1.165) is 0 Å². The first-order chi connectivity index (χ1) is 8.44. The van der Waals surface area contributed by atoms with Crippen LogP contribution in [0.1, 0.15) is 19.3 Å². The molecule has 0 unspecified atom stereocenters. The number of carboxylic acid groups (broad SMARTS) is 1. The van der Waals surface area contributed by atoms with Gasteiger partial charge in [0, 0.05) is 10.5 Å². The van der Waals surface area contributed by atoms with Crippen molar-refractivity contribution in [3.05, 3.63) is 22.7 Å². The van der Waals surface area contributed by atoms with E-state index in [-0.39, 0.29) is 11.5 Å². The first-order valence-corrected chi connectivity index (χ1v) is 6.18. The third-order valence-electron chi connectivity index (χ3n) is 3.07. The van der Waals surface area contributed by atoms with Gasteiger partial charge in [-0.1, -0.05) is 15.9 Å². The van der Waals surface area contributed by atoms with Crippen LogP contribution in [0.3, 0.4) is 0 Å². The Bertz CT molecular complexity index is 487. The molecular formula is C12H11BrO5. The number of phenolic OH excluding ortho intramolecular Hbond substituents is 1. The van der Waals surface area contributed by atoms with Crippen LogP contribution < -0.4 is 4.74 Å². The minimum atomic E-state index is -1.42. The highest BCUT2D eigenvalue weighted by molar-refractivity contribution is 9.10. The summed E-state index contributed by atoms with van der Waals surface area (Å²) in [7, 11) is 0. The second-order valence-corrected chi connectivity index (χ2v) is 5.19. The summed E-state index contributed by atoms with van der Waals surface area (Å²) in [5.74, 6) is -1.87. The van der Waals surface area contributed by atoms with E-state index >= 15 is 0 Å². The molecule has 2 rings (SSSR count). The smallest absolute Gasteiger partial charge is 0.328 e. The molecule has 0 saturated heterocycles. The second-order valence-electron chi connectivity index (χ2n) is 4.28. The summed E-state index contributed by atoms with van der Waals surface area (Å²) < 4.78 is 5.58. The Morgan fingerprint density at radius 2 is 1.94 bits per heavy atom. The molecular weight excluding hydrogens is 304 g/mol. The highest BCUT2D eigenvalue weighted by atomic mass is 79.9. The largest absolute Gasteiger partial charge is 0.508 e. The molecule has 18 heavy (non-hydrogen) atoms. The fraction of sp³-hybridized carbons (Fsp3) is 0.333. The molecule has 0 amide bonds. The maximum atomic E-state index is 11.9. The third-order valence-corrected chi connectivity index (χ3v) is 3.53. The van der Waals surface area contributed by atoms with E-state index in [4.69, 9.17) is 9.84 Å². The number of carbonyl (C=O) groups excluding carboxylic acids is 1. The van der Waals surface area contributed by atoms with Gasteiger partial charge < -0.3 is 14.9 Å². The molecule has 1 aromatic carbocycles. The van der Waals surface area contributed by atoms with Crippen LogP contribution in [0.4, 0.5) is 0 Å². The summed E-state index contributed by atoms with van der Waals surface area (Å²) >= 11 is 3.15. The molecule has 6 heteroatoms. The SMILES string of the molecule is O=C(O)C1(C(=O)Oc2cc(O)cc(Br)c2)CCC1. The molecule has 0 spiro atoms. The molecule has 0 aliphatic heterocycles. The monoisotopic (exact) mass is 314 g/mol. The van der Waals surface area contributed by atoms with Crippen LogP contribution >= 0.6 is 15.9 Å². The Labute approximate surface area is 112 Å². The lowest BCUT2D eigenvalue weighted by molar-refractivity contribution is -0.169. The van der Waals surface area contributed by atoms with Gasteiger partial charge in [-0.3, -0.25) is 9.59 Å². The zero-order valence-corrected chi connectivity index (χ0v) is 10.9. The molecule has 0 bridgehead atoms. The number of halogens is 1. The van der Waals surface area contributed by atoms with Crippen molar-refractivity contribution < 1.29 is 24.5 Å². The van der Waals surface area contributed by atoms with Crippen molar-refractivity contribution in [2.75, 3.05) is 0 Å². The van der Waals surface area contributed by atoms with E-state index in [2.05, 4.69) is 15.9 Å². The molecule has 0 atom stereocenters. The number of phenols is 1. The van der Waals surface area contributed by atoms with E-state index in [9.17, 15) is 14.7 Å². The predicted molar refractivity (Wildman–Crippen MR) is 65.4 cm³/mol. The van der Waals surface area contributed by atoms with Gasteiger partial charge in [0.2, 0.25) is 0 Å². The maximum Gasteiger partial charge on any atom is 0.328 e. The number of hydrogen-bond acceptors (Lipinski definition) is 4. The number of hydrogen-bond donors (Lipinski definition) is 2. The number of aliphatic carboxylic acids is 1. The standard InChI is InChI=1S/C12H11BrO5/c13-7-4-8(14)6-9(5-7)18-11(17)12(10(15)16)2-1-3-12/h4-6,14H,1-3H2,(H,15,16). The molecule has 0 radical (unpaired) electrons. The molecule has 0 heterocycles. The fourth-order valence-electron chi connectivity index (χ4n) is 1.85. The van der Waals surface area contributed by atoms with E-state index < -0.39 is 17.4 Å². The molecule has 2 N–H and O–H groups in total. The van der Waals surface area contributed by atoms with E-state index in [1.807, 2.05) is 0 Å². The van der Waals surface area contributed by atoms with Crippen molar-refractivity contribution in [3.63, 3.8) is 0 Å². The minimum Gasteiger partial charge on any atom is -0.508 e. The number of ether oxygens (including phenoxy) is 1. The lowest BCUT2D eigenvalue weighted by atomic mass is 9.69. The number of benzene rings is 1. The van der Waals surface area contributed by atoms with E-state index in [1.165, 1.54) is 18.2 Å². The molecule has 1 aliphatic rings. The van der Waals surface area contributed by atoms with Crippen molar-refractivity contribution in [2.24, 2.45) is 5.41 Å². The Morgan fingerprint density at radius 3 is 2.39 bits per heavy atom. The minimum absolute atomic E-state index is 0.0647. The number of rotatable bonds is 3. The van der Waals surface area contributed by atoms with Crippen molar-refractivity contribution in [2.45, 2.75) is 19.3 Å². The van der Waals surface area contributed by atoms with Crippen molar-refractivity contribution in [1.29, 1.82) is 0 Å². The molecule has 5 nitrogen and oxygen atoms in total. The summed E-state index contributed by atoms with van der Waals surface area (Å²) in [5.41, 5.74) is -1.42. The number of esters is 1. The summed E-state index contributed by atoms with van der Waals surface area (Å²) in [6, 6.07) is 4.19. The molecule has 1 aliphatic carbocycles. The molecule has 96 valence electrons. The van der Waals surface area contributed by atoms with Gasteiger partial charge in [0.15, 0.2) is 5.41 Å². The Hall–Kier alpha value is -1.56. The van der Waals surface area contributed by atoms with Crippen LogP contribution in [0.2, 0.25) is 0 Å². The van der Waals surface area contributed by atoms with Crippen LogP contribution in [0.5, 0.6) is 11.5 Å². The lowest BCUT2D eigenvalue weighted by Crippen LogP contribution is -2.47. The number of aromatic hydroxyl groups is 1. The highest BCUT2D eigenvalue weighted by Crippen LogP contribution is 2.42. The Balaban J connectivity index is 2.18. The molecule has 0 aromatic heterocycles. The maximum absolute atomic E-state index is 11.9. The van der Waals surface area contributed by atoms with E-state index in [0.29, 0.717) is 23.7 Å². The summed E-state index contributed by atoms with van der Waals surface area (Å²) in [4.78, 5) is 23.0. The first kappa shape index (κ1) is 12.9. The summed E-state index contributed by atoms with van der Waals surface area (Å²) in [5, 5.41) is 18.4. The topological polar surface area (TPSA) is 83.8 Å². The first-order valence-electron chi connectivity index (χ1n) is 5.39. The van der Waals surface area contributed by atoms with Gasteiger partial charge in [0.05, 0.1) is 0 Å². The summed E-state index contributed by atoms with van der Waals surface area (Å²) in [6.45, 7) is 0. The zero-order chi connectivity index (χ0) is 13.3. The van der Waals surface area contributed by atoms with Crippen molar-refractivity contribution in [3.8, 4) is 11.5 Å². The highest BCUT2D eigenvalue weighted by Gasteiger charge is 2.52. The Morgan fingerprint density at radius 1 is 1.28 bits per heavy atom. The quantitative estimate of drug-likeness (QED) is 0.508. The second kappa shape index (κ2) is 4.61. The van der Waals surface area contributed by atoms with Crippen LogP contribution in [0.25, 0.3) is 0 Å². The predicted octanol–water partition coefficient (Wildman–Crippen LogP) is 2.32. The van der Waals surface area contributed by atoms with E-state index in [1.54, 1.807) is 0 Å². The number of carboxylic acids is 1. The van der Waals surface area contributed by atoms with Crippen LogP contribution in [-0.4, -0.2) is 22.2 Å². The van der Waals surface area contributed by atoms with Crippen LogP contribution in [0, 0.1) is 5.41 Å². The zero-order valence-electron chi connectivity index (χ0n) is 9.35. The third kappa shape index (κ3) is 2.20. The molecule has 1 fully saturated rings. The normalized spacial score (nSPS) is 16.7. The van der Waals surface area contributed by atoms with Gasteiger partial charge in [-0.15, -0.1) is 0 Å². The molecule has 1 aromatic rings. The van der Waals surface area contributed by atoms with Gasteiger partial charge >= 0.3 is 11.9 Å². The van der Waals surface area contributed by atoms with Crippen LogP contribution in [0.15, 0.2) is 22.7 Å². The van der Waals surface area contributed by atoms with Gasteiger partial charge in [-0.25, -0.2) is 0 Å². The van der Waals surface area contributed by atoms with Crippen LogP contribution in [-0.2, 0) is 9.59 Å². The van der Waals surface area contributed by atoms with Crippen molar-refractivity contribution in [1.82, 2.24) is 0 Å². The molecule has 1 saturated carbocycles. The van der Waals surface area contributed by atoms with Crippen molar-refractivity contribution >= 4 is 27.9 Å². The lowest BCUT2D eigenvalue weighted by Gasteiger charge is -2.34. The number of carbonyl (C=O) groups is 2. The van der Waals surface area contributed by atoms with Gasteiger partial charge in [-0.2, -0.15) is 0 Å². The average molecular weight is 315 g/mol. The average Bonchev–Trinajstić information content (AvgIpc) is 2.11.